The molecule has 3 aliphatic carbocycles. The van der Waals surface area contributed by atoms with Gasteiger partial charge in [0.1, 0.15) is 0 Å². The summed E-state index contributed by atoms with van der Waals surface area (Å²) in [4.78, 5) is 4.41. The van der Waals surface area contributed by atoms with Crippen LogP contribution in [-0.4, -0.2) is 4.98 Å². The van der Waals surface area contributed by atoms with Crippen molar-refractivity contribution < 1.29 is 0 Å². The lowest BCUT2D eigenvalue weighted by atomic mass is 9.94. The molecule has 3 nitrogen and oxygen atoms in total. The molecule has 1 heterocycles. The fraction of sp³-hybridized carbons (Fsp3) is 0.667. The van der Waals surface area contributed by atoms with Crippen LogP contribution in [0.15, 0.2) is 18.3 Å². The number of nitrogens with one attached hydrogen (secondary N) is 1. The van der Waals surface area contributed by atoms with Crippen LogP contribution in [0.5, 0.6) is 0 Å². The molecule has 0 radical (unpaired) electrons. The zero-order valence-corrected chi connectivity index (χ0v) is 10.8. The van der Waals surface area contributed by atoms with E-state index in [-0.39, 0.29) is 0 Å². The Bertz CT molecular complexity index is 439. The lowest BCUT2D eigenvalue weighted by molar-refractivity contribution is 0.373. The van der Waals surface area contributed by atoms with E-state index in [4.69, 9.17) is 5.84 Å². The third-order valence-corrected chi connectivity index (χ3v) is 5.65. The van der Waals surface area contributed by atoms with Crippen molar-refractivity contribution in [2.75, 3.05) is 0 Å². The van der Waals surface area contributed by atoms with Gasteiger partial charge in [0, 0.05) is 11.9 Å². The van der Waals surface area contributed by atoms with Gasteiger partial charge in [-0.1, -0.05) is 6.07 Å². The molecular weight excluding hydrogens is 222 g/mol. The van der Waals surface area contributed by atoms with Crippen molar-refractivity contribution in [3.8, 4) is 0 Å². The summed E-state index contributed by atoms with van der Waals surface area (Å²) in [6, 6.07) is 4.59. The number of hydrazine groups is 1. The zero-order chi connectivity index (χ0) is 12.3. The van der Waals surface area contributed by atoms with Crippen molar-refractivity contribution >= 4 is 0 Å². The van der Waals surface area contributed by atoms with Gasteiger partial charge in [-0.15, -0.1) is 0 Å². The van der Waals surface area contributed by atoms with Crippen molar-refractivity contribution in [3.63, 3.8) is 0 Å². The van der Waals surface area contributed by atoms with Crippen LogP contribution < -0.4 is 11.3 Å². The van der Waals surface area contributed by atoms with Crippen molar-refractivity contribution in [1.29, 1.82) is 0 Å². The van der Waals surface area contributed by atoms with E-state index < -0.39 is 0 Å². The fourth-order valence-corrected chi connectivity index (χ4v) is 4.93. The number of fused-ring (bicyclic) bond motifs is 5. The number of aryl methyl sites for hydroxylation is 1. The Labute approximate surface area is 108 Å². The van der Waals surface area contributed by atoms with Gasteiger partial charge in [-0.05, 0) is 67.4 Å². The van der Waals surface area contributed by atoms with E-state index in [0.29, 0.717) is 6.04 Å². The van der Waals surface area contributed by atoms with Crippen LogP contribution in [0.1, 0.15) is 36.6 Å². The third-order valence-electron chi connectivity index (χ3n) is 5.65. The highest BCUT2D eigenvalue weighted by Gasteiger charge is 2.66. The zero-order valence-electron chi connectivity index (χ0n) is 10.8. The molecule has 3 fully saturated rings. The Balaban J connectivity index is 1.58. The molecule has 2 bridgehead atoms. The lowest BCUT2D eigenvalue weighted by Crippen LogP contribution is -2.31. The second-order valence-corrected chi connectivity index (χ2v) is 6.44. The molecule has 0 saturated heterocycles. The topological polar surface area (TPSA) is 50.9 Å². The molecule has 0 spiro atoms. The van der Waals surface area contributed by atoms with Crippen molar-refractivity contribution in [2.24, 2.45) is 35.4 Å². The van der Waals surface area contributed by atoms with Crippen LogP contribution in [-0.2, 0) is 0 Å². The minimum atomic E-state index is 0.316. The first kappa shape index (κ1) is 10.9. The molecular formula is C15H21N3. The molecule has 3 aliphatic rings. The van der Waals surface area contributed by atoms with Crippen molar-refractivity contribution in [2.45, 2.75) is 32.2 Å². The lowest BCUT2D eigenvalue weighted by Gasteiger charge is -2.19. The van der Waals surface area contributed by atoms with Gasteiger partial charge in [0.25, 0.3) is 0 Å². The molecule has 18 heavy (non-hydrogen) atoms. The Morgan fingerprint density at radius 1 is 1.28 bits per heavy atom. The predicted molar refractivity (Wildman–Crippen MR) is 70.3 cm³/mol. The molecule has 0 aromatic carbocycles. The van der Waals surface area contributed by atoms with E-state index in [1.807, 2.05) is 13.1 Å². The van der Waals surface area contributed by atoms with E-state index in [1.54, 1.807) is 0 Å². The summed E-state index contributed by atoms with van der Waals surface area (Å²) < 4.78 is 0. The Kier molecular flexibility index (Phi) is 2.30. The van der Waals surface area contributed by atoms with Crippen molar-refractivity contribution in [3.05, 3.63) is 29.6 Å². The molecule has 5 unspecified atom stereocenters. The minimum absolute atomic E-state index is 0.316. The van der Waals surface area contributed by atoms with Gasteiger partial charge in [-0.3, -0.25) is 16.3 Å². The summed E-state index contributed by atoms with van der Waals surface area (Å²) in [5, 5.41) is 0. The van der Waals surface area contributed by atoms with Crippen LogP contribution in [0.4, 0.5) is 0 Å². The maximum atomic E-state index is 5.82. The molecule has 96 valence electrons. The van der Waals surface area contributed by atoms with Gasteiger partial charge in [0.15, 0.2) is 0 Å². The van der Waals surface area contributed by atoms with Gasteiger partial charge in [0.2, 0.25) is 0 Å². The predicted octanol–water partition coefficient (Wildman–Crippen LogP) is 2.19. The molecule has 0 aliphatic heterocycles. The number of aromatic nitrogens is 1. The maximum absolute atomic E-state index is 5.82. The van der Waals surface area contributed by atoms with Crippen LogP contribution in [0.3, 0.4) is 0 Å². The summed E-state index contributed by atoms with van der Waals surface area (Å²) in [7, 11) is 0. The maximum Gasteiger partial charge on any atom is 0.0509 e. The van der Waals surface area contributed by atoms with Gasteiger partial charge >= 0.3 is 0 Å². The molecule has 4 rings (SSSR count). The summed E-state index contributed by atoms with van der Waals surface area (Å²) in [6.45, 7) is 2.03. The van der Waals surface area contributed by atoms with Gasteiger partial charge in [0.05, 0.1) is 6.04 Å². The van der Waals surface area contributed by atoms with Gasteiger partial charge < -0.3 is 0 Å². The molecule has 3 N–H and O–H groups in total. The molecule has 3 heteroatoms. The Morgan fingerprint density at radius 2 is 2.00 bits per heavy atom. The molecule has 3 saturated carbocycles. The summed E-state index contributed by atoms with van der Waals surface area (Å²) >= 11 is 0. The number of rotatable bonds is 3. The first-order valence-corrected chi connectivity index (χ1v) is 7.18. The SMILES string of the molecule is Cc1ccc(C(NN)C2C3C4CCC(C4)C32)cn1. The highest BCUT2D eigenvalue weighted by molar-refractivity contribution is 5.25. The summed E-state index contributed by atoms with van der Waals surface area (Å²) in [5.41, 5.74) is 5.40. The number of nitrogens with two attached hydrogens (primary N) is 1. The highest BCUT2D eigenvalue weighted by Crippen LogP contribution is 2.72. The van der Waals surface area contributed by atoms with Crippen LogP contribution in [0.2, 0.25) is 0 Å². The number of nitrogens with zero attached hydrogens (tertiary/aromatic N) is 1. The van der Waals surface area contributed by atoms with Gasteiger partial charge in [-0.2, -0.15) is 0 Å². The van der Waals surface area contributed by atoms with Gasteiger partial charge in [-0.25, -0.2) is 0 Å². The first-order chi connectivity index (χ1) is 8.79. The summed E-state index contributed by atoms with van der Waals surface area (Å²) in [5.74, 6) is 10.5. The van der Waals surface area contributed by atoms with Crippen LogP contribution in [0.25, 0.3) is 0 Å². The van der Waals surface area contributed by atoms with E-state index in [9.17, 15) is 0 Å². The second kappa shape index (κ2) is 3.78. The smallest absolute Gasteiger partial charge is 0.0509 e. The van der Waals surface area contributed by atoms with Crippen LogP contribution in [0, 0.1) is 36.5 Å². The van der Waals surface area contributed by atoms with Crippen LogP contribution >= 0.6 is 0 Å². The standard InChI is InChI=1S/C15H21N3/c1-8-2-3-11(7-17-8)15(18-16)14-12-9-4-5-10(6-9)13(12)14/h2-3,7,9-10,12-15,18H,4-6,16H2,1H3. The average Bonchev–Trinajstić information content (AvgIpc) is 2.81. The number of hydrogen-bond donors (Lipinski definition) is 2. The largest absolute Gasteiger partial charge is 0.271 e. The summed E-state index contributed by atoms with van der Waals surface area (Å²) in [6.07, 6.45) is 6.42. The first-order valence-electron chi connectivity index (χ1n) is 7.18. The molecule has 0 amide bonds. The monoisotopic (exact) mass is 243 g/mol. The molecule has 1 aromatic heterocycles. The fourth-order valence-electron chi connectivity index (χ4n) is 4.93. The second-order valence-electron chi connectivity index (χ2n) is 6.44. The minimum Gasteiger partial charge on any atom is -0.271 e. The normalized spacial score (nSPS) is 41.8. The Morgan fingerprint density at radius 3 is 2.56 bits per heavy atom. The molecule has 1 aromatic rings. The number of pyridine rings is 1. The third kappa shape index (κ3) is 1.41. The number of hydrogen-bond acceptors (Lipinski definition) is 3. The quantitative estimate of drug-likeness (QED) is 0.632. The molecule has 5 atom stereocenters. The van der Waals surface area contributed by atoms with E-state index in [2.05, 4.69) is 22.5 Å². The van der Waals surface area contributed by atoms with E-state index in [0.717, 1.165) is 35.3 Å². The Hall–Kier alpha value is -0.930. The highest BCUT2D eigenvalue weighted by atomic mass is 15.2. The average molecular weight is 243 g/mol. The van der Waals surface area contributed by atoms with E-state index >= 15 is 0 Å². The van der Waals surface area contributed by atoms with E-state index in [1.165, 1.54) is 24.8 Å². The van der Waals surface area contributed by atoms with Crippen molar-refractivity contribution in [1.82, 2.24) is 10.4 Å².